The van der Waals surface area contributed by atoms with Crippen LogP contribution >= 0.6 is 0 Å². The standard InChI is InChI=1S/C8H10N2O/c1-11-8-7-6(2-4-9-7)3-5-10-8/h3,5,9H,2,4H2,1H3. The number of pyridine rings is 1. The summed E-state index contributed by atoms with van der Waals surface area (Å²) in [5.74, 6) is 0.708. The monoisotopic (exact) mass is 150 g/mol. The summed E-state index contributed by atoms with van der Waals surface area (Å²) in [5.41, 5.74) is 2.37. The molecule has 1 aromatic heterocycles. The molecule has 1 N–H and O–H groups in total. The van der Waals surface area contributed by atoms with Crippen LogP contribution < -0.4 is 10.1 Å². The van der Waals surface area contributed by atoms with Crippen molar-refractivity contribution in [2.45, 2.75) is 6.42 Å². The zero-order valence-electron chi connectivity index (χ0n) is 6.42. The van der Waals surface area contributed by atoms with E-state index in [2.05, 4.69) is 10.3 Å². The first kappa shape index (κ1) is 6.46. The fraction of sp³-hybridized carbons (Fsp3) is 0.375. The van der Waals surface area contributed by atoms with Gasteiger partial charge in [-0.2, -0.15) is 0 Å². The van der Waals surface area contributed by atoms with Gasteiger partial charge < -0.3 is 10.1 Å². The largest absolute Gasteiger partial charge is 0.480 e. The Morgan fingerprint density at radius 1 is 1.64 bits per heavy atom. The molecule has 2 rings (SSSR count). The van der Waals surface area contributed by atoms with E-state index in [1.54, 1.807) is 13.3 Å². The quantitative estimate of drug-likeness (QED) is 0.650. The van der Waals surface area contributed by atoms with Crippen molar-refractivity contribution in [3.63, 3.8) is 0 Å². The number of methoxy groups -OCH3 is 1. The average molecular weight is 150 g/mol. The third-order valence-corrected chi connectivity index (χ3v) is 1.89. The topological polar surface area (TPSA) is 34.1 Å². The number of nitrogens with zero attached hydrogens (tertiary/aromatic N) is 1. The van der Waals surface area contributed by atoms with Crippen molar-refractivity contribution in [2.24, 2.45) is 0 Å². The van der Waals surface area contributed by atoms with Crippen LogP contribution in [0.4, 0.5) is 5.69 Å². The van der Waals surface area contributed by atoms with Gasteiger partial charge in [0.05, 0.1) is 7.11 Å². The van der Waals surface area contributed by atoms with Crippen molar-refractivity contribution >= 4 is 5.69 Å². The van der Waals surface area contributed by atoms with Crippen molar-refractivity contribution in [3.8, 4) is 5.88 Å². The van der Waals surface area contributed by atoms with Gasteiger partial charge in [-0.1, -0.05) is 0 Å². The molecule has 0 bridgehead atoms. The summed E-state index contributed by atoms with van der Waals surface area (Å²) in [6, 6.07) is 2.03. The molecule has 1 aliphatic heterocycles. The highest BCUT2D eigenvalue weighted by Crippen LogP contribution is 2.29. The summed E-state index contributed by atoms with van der Waals surface area (Å²) in [7, 11) is 1.64. The van der Waals surface area contributed by atoms with Crippen LogP contribution in [0.3, 0.4) is 0 Å². The lowest BCUT2D eigenvalue weighted by molar-refractivity contribution is 0.400. The highest BCUT2D eigenvalue weighted by molar-refractivity contribution is 5.61. The maximum atomic E-state index is 5.08. The molecule has 2 heterocycles. The molecule has 1 aromatic rings. The predicted molar refractivity (Wildman–Crippen MR) is 43.0 cm³/mol. The molecule has 0 radical (unpaired) electrons. The highest BCUT2D eigenvalue weighted by Gasteiger charge is 2.14. The van der Waals surface area contributed by atoms with Crippen LogP contribution in [0, 0.1) is 0 Å². The fourth-order valence-corrected chi connectivity index (χ4v) is 1.35. The van der Waals surface area contributed by atoms with E-state index in [1.165, 1.54) is 5.56 Å². The van der Waals surface area contributed by atoms with Crippen LogP contribution in [-0.2, 0) is 6.42 Å². The number of anilines is 1. The van der Waals surface area contributed by atoms with E-state index in [1.807, 2.05) is 6.07 Å². The van der Waals surface area contributed by atoms with Crippen molar-refractivity contribution in [2.75, 3.05) is 19.0 Å². The molecule has 0 fully saturated rings. The summed E-state index contributed by atoms with van der Waals surface area (Å²) in [6.07, 6.45) is 2.86. The van der Waals surface area contributed by atoms with Gasteiger partial charge in [0.15, 0.2) is 0 Å². The smallest absolute Gasteiger partial charge is 0.237 e. The molecular weight excluding hydrogens is 140 g/mol. The first-order valence-electron chi connectivity index (χ1n) is 3.67. The van der Waals surface area contributed by atoms with E-state index in [-0.39, 0.29) is 0 Å². The fourth-order valence-electron chi connectivity index (χ4n) is 1.35. The first-order valence-corrected chi connectivity index (χ1v) is 3.67. The molecule has 0 amide bonds. The summed E-state index contributed by atoms with van der Waals surface area (Å²) < 4.78 is 5.08. The van der Waals surface area contributed by atoms with Crippen molar-refractivity contribution in [1.82, 2.24) is 4.98 Å². The van der Waals surface area contributed by atoms with Crippen LogP contribution in [0.1, 0.15) is 5.56 Å². The Balaban J connectivity index is 2.50. The minimum Gasteiger partial charge on any atom is -0.480 e. The van der Waals surface area contributed by atoms with E-state index < -0.39 is 0 Å². The maximum absolute atomic E-state index is 5.08. The Labute approximate surface area is 65.4 Å². The second kappa shape index (κ2) is 2.42. The molecule has 1 aliphatic rings. The number of ether oxygens (including phenoxy) is 1. The third kappa shape index (κ3) is 0.926. The molecule has 0 spiro atoms. The Hall–Kier alpha value is -1.25. The molecule has 0 atom stereocenters. The summed E-state index contributed by atoms with van der Waals surface area (Å²) in [4.78, 5) is 4.08. The molecule has 0 saturated carbocycles. The molecule has 58 valence electrons. The number of hydrogen-bond donors (Lipinski definition) is 1. The number of aromatic nitrogens is 1. The summed E-state index contributed by atoms with van der Waals surface area (Å²) in [5, 5.41) is 3.23. The van der Waals surface area contributed by atoms with E-state index >= 15 is 0 Å². The van der Waals surface area contributed by atoms with E-state index in [0.29, 0.717) is 5.88 Å². The predicted octanol–water partition coefficient (Wildman–Crippen LogP) is 1.06. The van der Waals surface area contributed by atoms with Gasteiger partial charge in [-0.15, -0.1) is 0 Å². The maximum Gasteiger partial charge on any atom is 0.237 e. The lowest BCUT2D eigenvalue weighted by Crippen LogP contribution is -1.95. The summed E-state index contributed by atoms with van der Waals surface area (Å²) >= 11 is 0. The Morgan fingerprint density at radius 3 is 3.36 bits per heavy atom. The lowest BCUT2D eigenvalue weighted by atomic mass is 10.2. The van der Waals surface area contributed by atoms with Gasteiger partial charge in [-0.25, -0.2) is 4.98 Å². The number of rotatable bonds is 1. The molecular formula is C8H10N2O. The highest BCUT2D eigenvalue weighted by atomic mass is 16.5. The van der Waals surface area contributed by atoms with E-state index in [9.17, 15) is 0 Å². The molecule has 0 saturated heterocycles. The SMILES string of the molecule is COc1nccc2c1NCC2. The van der Waals surface area contributed by atoms with Gasteiger partial charge in [0, 0.05) is 12.7 Å². The molecule has 3 heteroatoms. The van der Waals surface area contributed by atoms with Crippen molar-refractivity contribution in [1.29, 1.82) is 0 Å². The summed E-state index contributed by atoms with van der Waals surface area (Å²) in [6.45, 7) is 0.997. The normalized spacial score (nSPS) is 13.9. The minimum atomic E-state index is 0.708. The molecule has 0 aromatic carbocycles. The molecule has 0 unspecified atom stereocenters. The van der Waals surface area contributed by atoms with E-state index in [0.717, 1.165) is 18.7 Å². The molecule has 3 nitrogen and oxygen atoms in total. The number of fused-ring (bicyclic) bond motifs is 1. The molecule has 0 aliphatic carbocycles. The molecule has 11 heavy (non-hydrogen) atoms. The van der Waals surface area contributed by atoms with Gasteiger partial charge in [0.1, 0.15) is 5.69 Å². The van der Waals surface area contributed by atoms with Crippen LogP contribution in [0.5, 0.6) is 5.88 Å². The zero-order chi connectivity index (χ0) is 7.68. The second-order valence-electron chi connectivity index (χ2n) is 2.53. The second-order valence-corrected chi connectivity index (χ2v) is 2.53. The first-order chi connectivity index (χ1) is 5.42. The number of hydrogen-bond acceptors (Lipinski definition) is 3. The Morgan fingerprint density at radius 2 is 2.55 bits per heavy atom. The van der Waals surface area contributed by atoms with Crippen LogP contribution in [0.15, 0.2) is 12.3 Å². The third-order valence-electron chi connectivity index (χ3n) is 1.89. The average Bonchev–Trinajstić information content (AvgIpc) is 2.50. The van der Waals surface area contributed by atoms with Crippen LogP contribution in [0.2, 0.25) is 0 Å². The Bertz CT molecular complexity index is 273. The number of nitrogens with one attached hydrogen (secondary N) is 1. The van der Waals surface area contributed by atoms with Crippen molar-refractivity contribution in [3.05, 3.63) is 17.8 Å². The van der Waals surface area contributed by atoms with Gasteiger partial charge >= 0.3 is 0 Å². The van der Waals surface area contributed by atoms with Crippen LogP contribution in [-0.4, -0.2) is 18.6 Å². The Kier molecular flexibility index (Phi) is 1.42. The van der Waals surface area contributed by atoms with Gasteiger partial charge in [0.25, 0.3) is 0 Å². The van der Waals surface area contributed by atoms with E-state index in [4.69, 9.17) is 4.74 Å². The van der Waals surface area contributed by atoms with Gasteiger partial charge in [-0.3, -0.25) is 0 Å². The lowest BCUT2D eigenvalue weighted by Gasteiger charge is -2.04. The van der Waals surface area contributed by atoms with Crippen LogP contribution in [0.25, 0.3) is 0 Å². The zero-order valence-corrected chi connectivity index (χ0v) is 6.42. The van der Waals surface area contributed by atoms with Gasteiger partial charge in [-0.05, 0) is 18.1 Å². The minimum absolute atomic E-state index is 0.708. The van der Waals surface area contributed by atoms with Crippen molar-refractivity contribution < 1.29 is 4.74 Å². The van der Waals surface area contributed by atoms with Gasteiger partial charge in [0.2, 0.25) is 5.88 Å².